The number of nitrogens with zero attached hydrogens (tertiary/aromatic N) is 3. The van der Waals surface area contributed by atoms with Gasteiger partial charge in [0.05, 0.1) is 28.3 Å². The smallest absolute Gasteiger partial charge is 0.0925 e. The summed E-state index contributed by atoms with van der Waals surface area (Å²) in [6.45, 7) is 0. The molecule has 2 aromatic heterocycles. The maximum absolute atomic E-state index is 6.19. The first-order chi connectivity index (χ1) is 8.86. The third-order valence-corrected chi connectivity index (χ3v) is 2.97. The molecule has 0 radical (unpaired) electrons. The molecule has 0 N–H and O–H groups in total. The predicted octanol–water partition coefficient (Wildman–Crippen LogP) is 3.59. The third-order valence-electron chi connectivity index (χ3n) is 2.65. The Bertz CT molecular complexity index is 662. The molecule has 0 aliphatic carbocycles. The molecular weight excluding hydrogens is 246 g/mol. The van der Waals surface area contributed by atoms with Gasteiger partial charge in [0.1, 0.15) is 0 Å². The molecule has 88 valence electrons. The van der Waals surface area contributed by atoms with Gasteiger partial charge in [-0.2, -0.15) is 5.10 Å². The molecule has 0 atom stereocenters. The molecule has 18 heavy (non-hydrogen) atoms. The van der Waals surface area contributed by atoms with Gasteiger partial charge in [0.15, 0.2) is 0 Å². The zero-order valence-corrected chi connectivity index (χ0v) is 10.2. The van der Waals surface area contributed by atoms with Crippen LogP contribution in [0.15, 0.2) is 60.9 Å². The van der Waals surface area contributed by atoms with Gasteiger partial charge in [0.2, 0.25) is 0 Å². The zero-order valence-electron chi connectivity index (χ0n) is 9.49. The van der Waals surface area contributed by atoms with Crippen LogP contribution in [-0.4, -0.2) is 14.8 Å². The topological polar surface area (TPSA) is 30.7 Å². The summed E-state index contributed by atoms with van der Waals surface area (Å²) in [4.78, 5) is 4.33. The molecule has 3 nitrogen and oxygen atoms in total. The van der Waals surface area contributed by atoms with Crippen LogP contribution in [0.2, 0.25) is 5.02 Å². The van der Waals surface area contributed by atoms with E-state index >= 15 is 0 Å². The number of hydrogen-bond acceptors (Lipinski definition) is 2. The SMILES string of the molecule is Clc1ccccc1-n1nccc1-c1ccccn1. The first kappa shape index (κ1) is 11.0. The van der Waals surface area contributed by atoms with Crippen molar-refractivity contribution in [3.8, 4) is 17.1 Å². The van der Waals surface area contributed by atoms with Crippen LogP contribution >= 0.6 is 11.6 Å². The highest BCUT2D eigenvalue weighted by atomic mass is 35.5. The number of rotatable bonds is 2. The normalized spacial score (nSPS) is 10.5. The molecule has 0 aliphatic heterocycles. The molecule has 0 unspecified atom stereocenters. The highest BCUT2D eigenvalue weighted by molar-refractivity contribution is 6.32. The summed E-state index contributed by atoms with van der Waals surface area (Å²) in [6, 6.07) is 15.3. The van der Waals surface area contributed by atoms with E-state index in [1.165, 1.54) is 0 Å². The lowest BCUT2D eigenvalue weighted by atomic mass is 10.2. The van der Waals surface area contributed by atoms with Crippen LogP contribution in [0.1, 0.15) is 0 Å². The fraction of sp³-hybridized carbons (Fsp3) is 0. The summed E-state index contributed by atoms with van der Waals surface area (Å²) in [5.41, 5.74) is 2.64. The summed E-state index contributed by atoms with van der Waals surface area (Å²) < 4.78 is 1.80. The van der Waals surface area contributed by atoms with Crippen molar-refractivity contribution in [3.05, 3.63) is 65.9 Å². The van der Waals surface area contributed by atoms with E-state index in [1.54, 1.807) is 17.1 Å². The summed E-state index contributed by atoms with van der Waals surface area (Å²) in [7, 11) is 0. The Labute approximate surface area is 110 Å². The van der Waals surface area contributed by atoms with Crippen molar-refractivity contribution in [1.82, 2.24) is 14.8 Å². The van der Waals surface area contributed by atoms with Crippen molar-refractivity contribution < 1.29 is 0 Å². The molecule has 3 aromatic rings. The lowest BCUT2D eigenvalue weighted by Crippen LogP contribution is -2.00. The molecule has 0 aliphatic rings. The highest BCUT2D eigenvalue weighted by Crippen LogP contribution is 2.24. The van der Waals surface area contributed by atoms with Crippen LogP contribution in [0.25, 0.3) is 17.1 Å². The molecule has 1 aromatic carbocycles. The quantitative estimate of drug-likeness (QED) is 0.701. The van der Waals surface area contributed by atoms with E-state index in [2.05, 4.69) is 10.1 Å². The van der Waals surface area contributed by atoms with Gasteiger partial charge in [-0.15, -0.1) is 0 Å². The van der Waals surface area contributed by atoms with E-state index in [4.69, 9.17) is 11.6 Å². The molecule has 0 saturated carbocycles. The molecule has 0 fully saturated rings. The second-order valence-electron chi connectivity index (χ2n) is 3.79. The monoisotopic (exact) mass is 255 g/mol. The number of halogens is 1. The van der Waals surface area contributed by atoms with Crippen LogP contribution < -0.4 is 0 Å². The first-order valence-corrected chi connectivity index (χ1v) is 5.94. The lowest BCUT2D eigenvalue weighted by molar-refractivity contribution is 0.884. The molecule has 0 spiro atoms. The maximum atomic E-state index is 6.19. The van der Waals surface area contributed by atoms with Crippen LogP contribution in [0, 0.1) is 0 Å². The Hall–Kier alpha value is -2.13. The van der Waals surface area contributed by atoms with Gasteiger partial charge in [0.25, 0.3) is 0 Å². The van der Waals surface area contributed by atoms with E-state index < -0.39 is 0 Å². The van der Waals surface area contributed by atoms with Crippen molar-refractivity contribution in [2.24, 2.45) is 0 Å². The second-order valence-corrected chi connectivity index (χ2v) is 4.20. The van der Waals surface area contributed by atoms with Crippen molar-refractivity contribution in [2.75, 3.05) is 0 Å². The van der Waals surface area contributed by atoms with E-state index in [0.717, 1.165) is 17.1 Å². The van der Waals surface area contributed by atoms with Gasteiger partial charge in [-0.1, -0.05) is 29.8 Å². The van der Waals surface area contributed by atoms with Gasteiger partial charge in [-0.25, -0.2) is 4.68 Å². The average Bonchev–Trinajstić information content (AvgIpc) is 2.89. The average molecular weight is 256 g/mol. The molecule has 2 heterocycles. The molecule has 0 saturated heterocycles. The number of aromatic nitrogens is 3. The van der Waals surface area contributed by atoms with Crippen LogP contribution in [0.3, 0.4) is 0 Å². The lowest BCUT2D eigenvalue weighted by Gasteiger charge is -2.08. The molecule has 0 amide bonds. The molecular formula is C14H10ClN3. The van der Waals surface area contributed by atoms with E-state index in [-0.39, 0.29) is 0 Å². The van der Waals surface area contributed by atoms with Crippen molar-refractivity contribution >= 4 is 11.6 Å². The Morgan fingerprint density at radius 1 is 0.889 bits per heavy atom. The Kier molecular flexibility index (Phi) is 2.82. The number of hydrogen-bond donors (Lipinski definition) is 0. The third kappa shape index (κ3) is 1.89. The van der Waals surface area contributed by atoms with Gasteiger partial charge in [0, 0.05) is 6.20 Å². The van der Waals surface area contributed by atoms with Gasteiger partial charge in [-0.05, 0) is 30.3 Å². The van der Waals surface area contributed by atoms with E-state index in [0.29, 0.717) is 5.02 Å². The van der Waals surface area contributed by atoms with Crippen LogP contribution in [0.5, 0.6) is 0 Å². The standard InChI is InChI=1S/C14H10ClN3/c15-11-5-1-2-7-13(11)18-14(8-10-17-18)12-6-3-4-9-16-12/h1-10H. The number of pyridine rings is 1. The van der Waals surface area contributed by atoms with E-state index in [9.17, 15) is 0 Å². The zero-order chi connectivity index (χ0) is 12.4. The Morgan fingerprint density at radius 3 is 2.50 bits per heavy atom. The van der Waals surface area contributed by atoms with Gasteiger partial charge >= 0.3 is 0 Å². The predicted molar refractivity (Wildman–Crippen MR) is 71.8 cm³/mol. The summed E-state index contributed by atoms with van der Waals surface area (Å²) in [5.74, 6) is 0. The maximum Gasteiger partial charge on any atom is 0.0925 e. The summed E-state index contributed by atoms with van der Waals surface area (Å²) >= 11 is 6.19. The number of benzene rings is 1. The number of para-hydroxylation sites is 1. The van der Waals surface area contributed by atoms with Crippen molar-refractivity contribution in [1.29, 1.82) is 0 Å². The van der Waals surface area contributed by atoms with Crippen LogP contribution in [-0.2, 0) is 0 Å². The summed E-state index contributed by atoms with van der Waals surface area (Å²) in [5, 5.41) is 4.98. The van der Waals surface area contributed by atoms with Crippen LogP contribution in [0.4, 0.5) is 0 Å². The first-order valence-electron chi connectivity index (χ1n) is 5.56. The molecule has 0 bridgehead atoms. The highest BCUT2D eigenvalue weighted by Gasteiger charge is 2.10. The van der Waals surface area contributed by atoms with E-state index in [1.807, 2.05) is 48.5 Å². The molecule has 4 heteroatoms. The van der Waals surface area contributed by atoms with Gasteiger partial charge < -0.3 is 0 Å². The molecule has 3 rings (SSSR count). The Morgan fingerprint density at radius 2 is 1.72 bits per heavy atom. The largest absolute Gasteiger partial charge is 0.255 e. The fourth-order valence-corrected chi connectivity index (χ4v) is 2.04. The fourth-order valence-electron chi connectivity index (χ4n) is 1.83. The second kappa shape index (κ2) is 4.63. The summed E-state index contributed by atoms with van der Waals surface area (Å²) in [6.07, 6.45) is 3.51. The van der Waals surface area contributed by atoms with Crippen molar-refractivity contribution in [3.63, 3.8) is 0 Å². The minimum atomic E-state index is 0.665. The minimum absolute atomic E-state index is 0.665. The van der Waals surface area contributed by atoms with Crippen molar-refractivity contribution in [2.45, 2.75) is 0 Å². The van der Waals surface area contributed by atoms with Gasteiger partial charge in [-0.3, -0.25) is 4.98 Å². The minimum Gasteiger partial charge on any atom is -0.255 e. The Balaban J connectivity index is 2.16.